The molecule has 8 heteroatoms. The van der Waals surface area contributed by atoms with Gasteiger partial charge < -0.3 is 10.6 Å². The normalized spacial score (nSPS) is 10.2. The first-order valence-corrected chi connectivity index (χ1v) is 8.80. The Morgan fingerprint density at radius 2 is 1.77 bits per heavy atom. The molecule has 0 aliphatic rings. The SMILES string of the molecule is O=C(Cc1csc(NC(=O)Nc2ccccc2)n1)NCc1ccncc1. The third-order valence-corrected chi connectivity index (χ3v) is 4.19. The van der Waals surface area contributed by atoms with Crippen molar-refractivity contribution in [2.45, 2.75) is 13.0 Å². The summed E-state index contributed by atoms with van der Waals surface area (Å²) < 4.78 is 0. The van der Waals surface area contributed by atoms with Crippen molar-refractivity contribution < 1.29 is 9.59 Å². The second-order valence-corrected chi connectivity index (χ2v) is 6.26. The molecule has 0 saturated heterocycles. The zero-order valence-electron chi connectivity index (χ0n) is 13.8. The first kappa shape index (κ1) is 17.6. The quantitative estimate of drug-likeness (QED) is 0.624. The van der Waals surface area contributed by atoms with E-state index in [4.69, 9.17) is 0 Å². The average Bonchev–Trinajstić information content (AvgIpc) is 3.08. The molecule has 0 fully saturated rings. The Morgan fingerprint density at radius 3 is 2.54 bits per heavy atom. The minimum Gasteiger partial charge on any atom is -0.352 e. The summed E-state index contributed by atoms with van der Waals surface area (Å²) >= 11 is 1.27. The predicted octanol–water partition coefficient (Wildman–Crippen LogP) is 3.04. The highest BCUT2D eigenvalue weighted by Crippen LogP contribution is 2.16. The van der Waals surface area contributed by atoms with Gasteiger partial charge in [-0.05, 0) is 29.8 Å². The van der Waals surface area contributed by atoms with Crippen molar-refractivity contribution in [2.75, 3.05) is 10.6 Å². The molecule has 7 nitrogen and oxygen atoms in total. The van der Waals surface area contributed by atoms with Crippen LogP contribution in [0, 0.1) is 0 Å². The van der Waals surface area contributed by atoms with Gasteiger partial charge in [-0.15, -0.1) is 11.3 Å². The summed E-state index contributed by atoms with van der Waals surface area (Å²) in [6.07, 6.45) is 3.52. The Hall–Kier alpha value is -3.26. The van der Waals surface area contributed by atoms with E-state index in [9.17, 15) is 9.59 Å². The number of nitrogens with one attached hydrogen (secondary N) is 3. The van der Waals surface area contributed by atoms with Gasteiger partial charge >= 0.3 is 6.03 Å². The van der Waals surface area contributed by atoms with Gasteiger partial charge in [-0.2, -0.15) is 0 Å². The van der Waals surface area contributed by atoms with Gasteiger partial charge in [0.1, 0.15) is 0 Å². The molecule has 0 unspecified atom stereocenters. The van der Waals surface area contributed by atoms with Crippen molar-refractivity contribution in [3.05, 3.63) is 71.5 Å². The first-order valence-electron chi connectivity index (χ1n) is 7.92. The molecule has 0 bridgehead atoms. The summed E-state index contributed by atoms with van der Waals surface area (Å²) in [6, 6.07) is 12.4. The molecule has 3 N–H and O–H groups in total. The number of aromatic nitrogens is 2. The fraction of sp³-hybridized carbons (Fsp3) is 0.111. The smallest absolute Gasteiger partial charge is 0.325 e. The molecule has 3 aromatic rings. The maximum Gasteiger partial charge on any atom is 0.325 e. The predicted molar refractivity (Wildman–Crippen MR) is 101 cm³/mol. The number of pyridine rings is 1. The number of urea groups is 1. The summed E-state index contributed by atoms with van der Waals surface area (Å²) in [6.45, 7) is 0.441. The van der Waals surface area contributed by atoms with Gasteiger partial charge in [0.15, 0.2) is 5.13 Å². The van der Waals surface area contributed by atoms with Crippen LogP contribution in [0.15, 0.2) is 60.2 Å². The van der Waals surface area contributed by atoms with Crippen LogP contribution in [0.2, 0.25) is 0 Å². The van der Waals surface area contributed by atoms with Crippen molar-refractivity contribution in [2.24, 2.45) is 0 Å². The third-order valence-electron chi connectivity index (χ3n) is 3.38. The Morgan fingerprint density at radius 1 is 1.00 bits per heavy atom. The number of anilines is 2. The van der Waals surface area contributed by atoms with Gasteiger partial charge in [0.25, 0.3) is 0 Å². The van der Waals surface area contributed by atoms with Gasteiger partial charge in [-0.3, -0.25) is 15.1 Å². The number of benzene rings is 1. The van der Waals surface area contributed by atoms with E-state index in [1.807, 2.05) is 30.3 Å². The van der Waals surface area contributed by atoms with Gasteiger partial charge in [0, 0.05) is 30.0 Å². The fourth-order valence-corrected chi connectivity index (χ4v) is 2.86. The number of hydrogen-bond acceptors (Lipinski definition) is 5. The van der Waals surface area contributed by atoms with Crippen LogP contribution in [0.5, 0.6) is 0 Å². The third kappa shape index (κ3) is 5.38. The van der Waals surface area contributed by atoms with E-state index in [1.54, 1.807) is 29.9 Å². The van der Waals surface area contributed by atoms with E-state index in [2.05, 4.69) is 25.9 Å². The van der Waals surface area contributed by atoms with Crippen LogP contribution in [0.1, 0.15) is 11.3 Å². The number of para-hydroxylation sites is 1. The van der Waals surface area contributed by atoms with Gasteiger partial charge in [-0.1, -0.05) is 18.2 Å². The number of nitrogens with zero attached hydrogens (tertiary/aromatic N) is 2. The summed E-state index contributed by atoms with van der Waals surface area (Å²) in [4.78, 5) is 32.1. The zero-order valence-corrected chi connectivity index (χ0v) is 14.6. The highest BCUT2D eigenvalue weighted by Gasteiger charge is 2.10. The maximum absolute atomic E-state index is 12.0. The molecule has 2 heterocycles. The van der Waals surface area contributed by atoms with Crippen LogP contribution in [0.3, 0.4) is 0 Å². The summed E-state index contributed by atoms with van der Waals surface area (Å²) in [5.74, 6) is -0.132. The number of thiazole rings is 1. The zero-order chi connectivity index (χ0) is 18.2. The number of hydrogen-bond donors (Lipinski definition) is 3. The minimum atomic E-state index is -0.376. The second-order valence-electron chi connectivity index (χ2n) is 5.40. The van der Waals surface area contributed by atoms with Crippen LogP contribution in [-0.4, -0.2) is 21.9 Å². The summed E-state index contributed by atoms with van der Waals surface area (Å²) in [5.41, 5.74) is 2.28. The van der Waals surface area contributed by atoms with E-state index in [1.165, 1.54) is 11.3 Å². The summed E-state index contributed by atoms with van der Waals surface area (Å²) in [7, 11) is 0. The highest BCUT2D eigenvalue weighted by atomic mass is 32.1. The molecular weight excluding hydrogens is 350 g/mol. The molecule has 26 heavy (non-hydrogen) atoms. The van der Waals surface area contributed by atoms with E-state index in [-0.39, 0.29) is 18.4 Å². The minimum absolute atomic E-state index is 0.132. The highest BCUT2D eigenvalue weighted by molar-refractivity contribution is 7.14. The molecule has 3 amide bonds. The molecule has 0 spiro atoms. The fourth-order valence-electron chi connectivity index (χ4n) is 2.15. The van der Waals surface area contributed by atoms with E-state index in [0.29, 0.717) is 23.1 Å². The second kappa shape index (κ2) is 8.72. The molecule has 0 aliphatic carbocycles. The topological polar surface area (TPSA) is 96.0 Å². The number of rotatable bonds is 6. The van der Waals surface area contributed by atoms with E-state index in [0.717, 1.165) is 5.56 Å². The lowest BCUT2D eigenvalue weighted by molar-refractivity contribution is -0.120. The molecule has 2 aromatic heterocycles. The lowest BCUT2D eigenvalue weighted by Gasteiger charge is -2.05. The van der Waals surface area contributed by atoms with Crippen LogP contribution in [0.4, 0.5) is 15.6 Å². The van der Waals surface area contributed by atoms with E-state index >= 15 is 0 Å². The van der Waals surface area contributed by atoms with Crippen molar-refractivity contribution in [3.63, 3.8) is 0 Å². The molecule has 3 rings (SSSR count). The number of carbonyl (C=O) groups is 2. The molecule has 1 aromatic carbocycles. The molecule has 0 radical (unpaired) electrons. The van der Waals surface area contributed by atoms with Gasteiger partial charge in [-0.25, -0.2) is 9.78 Å². The Bertz CT molecular complexity index is 868. The van der Waals surface area contributed by atoms with Crippen LogP contribution < -0.4 is 16.0 Å². The van der Waals surface area contributed by atoms with Gasteiger partial charge in [0.05, 0.1) is 12.1 Å². The molecule has 0 aliphatic heterocycles. The van der Waals surface area contributed by atoms with E-state index < -0.39 is 0 Å². The van der Waals surface area contributed by atoms with Crippen LogP contribution in [-0.2, 0) is 17.8 Å². The molecule has 0 atom stereocenters. The Kier molecular flexibility index (Phi) is 5.89. The van der Waals surface area contributed by atoms with Gasteiger partial charge in [0.2, 0.25) is 5.91 Å². The lowest BCUT2D eigenvalue weighted by atomic mass is 10.2. The number of carbonyl (C=O) groups excluding carboxylic acids is 2. The van der Waals surface area contributed by atoms with Crippen molar-refractivity contribution in [1.82, 2.24) is 15.3 Å². The number of amides is 3. The molecular formula is C18H17N5O2S. The monoisotopic (exact) mass is 367 g/mol. The largest absolute Gasteiger partial charge is 0.352 e. The molecule has 0 saturated carbocycles. The average molecular weight is 367 g/mol. The first-order chi connectivity index (χ1) is 12.7. The lowest BCUT2D eigenvalue weighted by Crippen LogP contribution is -2.24. The van der Waals surface area contributed by atoms with Crippen LogP contribution in [0.25, 0.3) is 0 Å². The van der Waals surface area contributed by atoms with Crippen molar-refractivity contribution >= 4 is 34.1 Å². The Labute approximate surface area is 154 Å². The van der Waals surface area contributed by atoms with Crippen LogP contribution >= 0.6 is 11.3 Å². The maximum atomic E-state index is 12.0. The molecule has 132 valence electrons. The summed E-state index contributed by atoms with van der Waals surface area (Å²) in [5, 5.41) is 10.4. The van der Waals surface area contributed by atoms with Crippen molar-refractivity contribution in [1.29, 1.82) is 0 Å². The standard InChI is InChI=1S/C18H17N5O2S/c24-16(20-11-13-6-8-19-9-7-13)10-15-12-26-18(22-15)23-17(25)21-14-4-2-1-3-5-14/h1-9,12H,10-11H2,(H,20,24)(H2,21,22,23,25). The van der Waals surface area contributed by atoms with Crippen molar-refractivity contribution in [3.8, 4) is 0 Å². The Balaban J connectivity index is 1.46.